The first-order valence-electron chi connectivity index (χ1n) is 6.92. The number of nitrogens with zero attached hydrogens (tertiary/aromatic N) is 1. The summed E-state index contributed by atoms with van der Waals surface area (Å²) in [6, 6.07) is 8.33. The molecule has 1 amide bonds. The van der Waals surface area contributed by atoms with Gasteiger partial charge in [0, 0.05) is 11.0 Å². The van der Waals surface area contributed by atoms with Crippen LogP contribution in [-0.4, -0.2) is 29.9 Å². The van der Waals surface area contributed by atoms with Crippen LogP contribution in [0.25, 0.3) is 0 Å². The molecule has 19 heavy (non-hydrogen) atoms. The highest BCUT2D eigenvalue weighted by atomic mass is 79.9. The molecular formula is C15H21BrN2O. The molecule has 1 aromatic carbocycles. The van der Waals surface area contributed by atoms with E-state index in [-0.39, 0.29) is 18.0 Å². The van der Waals surface area contributed by atoms with Gasteiger partial charge in [0.25, 0.3) is 0 Å². The van der Waals surface area contributed by atoms with Crippen molar-refractivity contribution in [3.63, 3.8) is 0 Å². The fourth-order valence-electron chi connectivity index (χ4n) is 2.67. The SMILES string of the molecule is CCNC1CCCN(C(C)c2cccc(Br)c2)C1=O. The first-order valence-corrected chi connectivity index (χ1v) is 7.72. The highest BCUT2D eigenvalue weighted by Crippen LogP contribution is 2.26. The van der Waals surface area contributed by atoms with Crippen molar-refractivity contribution in [2.24, 2.45) is 0 Å². The zero-order valence-electron chi connectivity index (χ0n) is 11.5. The van der Waals surface area contributed by atoms with Crippen molar-refractivity contribution >= 4 is 21.8 Å². The lowest BCUT2D eigenvalue weighted by Crippen LogP contribution is -2.51. The third kappa shape index (κ3) is 3.37. The molecule has 1 N–H and O–H groups in total. The van der Waals surface area contributed by atoms with Crippen LogP contribution in [0, 0.1) is 0 Å². The van der Waals surface area contributed by atoms with E-state index < -0.39 is 0 Å². The summed E-state index contributed by atoms with van der Waals surface area (Å²) in [5, 5.41) is 3.28. The van der Waals surface area contributed by atoms with Gasteiger partial charge < -0.3 is 10.2 Å². The number of rotatable bonds is 4. The minimum Gasteiger partial charge on any atom is -0.335 e. The highest BCUT2D eigenvalue weighted by Gasteiger charge is 2.31. The third-order valence-corrected chi connectivity index (χ3v) is 4.22. The van der Waals surface area contributed by atoms with Gasteiger partial charge in [0.1, 0.15) is 0 Å². The molecule has 1 fully saturated rings. The summed E-state index contributed by atoms with van der Waals surface area (Å²) < 4.78 is 1.06. The maximum Gasteiger partial charge on any atom is 0.240 e. The zero-order chi connectivity index (χ0) is 13.8. The molecule has 1 aliphatic heterocycles. The Bertz CT molecular complexity index is 448. The van der Waals surface area contributed by atoms with Gasteiger partial charge in [-0.15, -0.1) is 0 Å². The van der Waals surface area contributed by atoms with Gasteiger partial charge in [0.2, 0.25) is 5.91 Å². The minimum atomic E-state index is -0.00615. The van der Waals surface area contributed by atoms with Crippen LogP contribution in [0.15, 0.2) is 28.7 Å². The lowest BCUT2D eigenvalue weighted by atomic mass is 9.99. The summed E-state index contributed by atoms with van der Waals surface area (Å²) in [5.41, 5.74) is 1.18. The Kier molecular flexibility index (Phi) is 4.99. The van der Waals surface area contributed by atoms with Gasteiger partial charge in [-0.3, -0.25) is 4.79 Å². The number of hydrogen-bond donors (Lipinski definition) is 1. The second kappa shape index (κ2) is 6.53. The Balaban J connectivity index is 2.14. The molecule has 2 unspecified atom stereocenters. The lowest BCUT2D eigenvalue weighted by Gasteiger charge is -2.37. The number of nitrogens with one attached hydrogen (secondary N) is 1. The second-order valence-corrected chi connectivity index (χ2v) is 5.93. The van der Waals surface area contributed by atoms with Gasteiger partial charge in [-0.2, -0.15) is 0 Å². The molecule has 2 atom stereocenters. The number of benzene rings is 1. The van der Waals surface area contributed by atoms with E-state index in [2.05, 4.69) is 40.3 Å². The molecule has 2 rings (SSSR count). The van der Waals surface area contributed by atoms with Crippen LogP contribution in [0.5, 0.6) is 0 Å². The van der Waals surface area contributed by atoms with Crippen LogP contribution < -0.4 is 5.32 Å². The molecule has 1 heterocycles. The summed E-state index contributed by atoms with van der Waals surface area (Å²) in [6.45, 7) is 5.85. The predicted molar refractivity (Wildman–Crippen MR) is 81.0 cm³/mol. The first kappa shape index (κ1) is 14.5. The molecule has 0 radical (unpaired) electrons. The summed E-state index contributed by atoms with van der Waals surface area (Å²) in [4.78, 5) is 14.5. The van der Waals surface area contributed by atoms with E-state index in [0.29, 0.717) is 0 Å². The number of hydrogen-bond acceptors (Lipinski definition) is 2. The van der Waals surface area contributed by atoms with Crippen molar-refractivity contribution in [2.45, 2.75) is 38.8 Å². The molecule has 3 nitrogen and oxygen atoms in total. The van der Waals surface area contributed by atoms with E-state index in [1.54, 1.807) is 0 Å². The number of halogens is 1. The Morgan fingerprint density at radius 1 is 1.53 bits per heavy atom. The van der Waals surface area contributed by atoms with Crippen LogP contribution in [0.4, 0.5) is 0 Å². The Morgan fingerprint density at radius 2 is 2.32 bits per heavy atom. The van der Waals surface area contributed by atoms with Crippen LogP contribution >= 0.6 is 15.9 Å². The molecule has 1 aromatic rings. The largest absolute Gasteiger partial charge is 0.335 e. The molecular weight excluding hydrogens is 304 g/mol. The van der Waals surface area contributed by atoms with Gasteiger partial charge in [-0.25, -0.2) is 0 Å². The van der Waals surface area contributed by atoms with E-state index in [4.69, 9.17) is 0 Å². The third-order valence-electron chi connectivity index (χ3n) is 3.72. The molecule has 1 saturated heterocycles. The zero-order valence-corrected chi connectivity index (χ0v) is 13.1. The number of carbonyl (C=O) groups excluding carboxylic acids is 1. The number of piperidine rings is 1. The fourth-order valence-corrected chi connectivity index (χ4v) is 3.08. The average molecular weight is 325 g/mol. The summed E-state index contributed by atoms with van der Waals surface area (Å²) in [6.07, 6.45) is 2.02. The summed E-state index contributed by atoms with van der Waals surface area (Å²) in [5.74, 6) is 0.237. The van der Waals surface area contributed by atoms with E-state index >= 15 is 0 Å². The van der Waals surface area contributed by atoms with Crippen LogP contribution in [0.2, 0.25) is 0 Å². The van der Waals surface area contributed by atoms with Crippen LogP contribution in [-0.2, 0) is 4.79 Å². The van der Waals surface area contributed by atoms with Crippen LogP contribution in [0.1, 0.15) is 38.3 Å². The minimum absolute atomic E-state index is 0.00615. The van der Waals surface area contributed by atoms with Gasteiger partial charge in [-0.05, 0) is 44.0 Å². The van der Waals surface area contributed by atoms with E-state index in [0.717, 1.165) is 30.4 Å². The van der Waals surface area contributed by atoms with Crippen LogP contribution in [0.3, 0.4) is 0 Å². The lowest BCUT2D eigenvalue weighted by molar-refractivity contribution is -0.138. The van der Waals surface area contributed by atoms with Gasteiger partial charge in [-0.1, -0.05) is 35.0 Å². The molecule has 0 bridgehead atoms. The Hall–Kier alpha value is -0.870. The highest BCUT2D eigenvalue weighted by molar-refractivity contribution is 9.10. The molecule has 0 aliphatic carbocycles. The van der Waals surface area contributed by atoms with Crippen molar-refractivity contribution in [1.29, 1.82) is 0 Å². The average Bonchev–Trinajstić information content (AvgIpc) is 2.41. The Morgan fingerprint density at radius 3 is 3.00 bits per heavy atom. The molecule has 0 spiro atoms. The number of likely N-dealkylation sites (N-methyl/N-ethyl adjacent to an activating group) is 1. The molecule has 1 aliphatic rings. The predicted octanol–water partition coefficient (Wildman–Crippen LogP) is 3.11. The van der Waals surface area contributed by atoms with Crippen molar-refractivity contribution in [3.8, 4) is 0 Å². The maximum atomic E-state index is 12.5. The van der Waals surface area contributed by atoms with Gasteiger partial charge in [0.05, 0.1) is 12.1 Å². The number of carbonyl (C=O) groups is 1. The van der Waals surface area contributed by atoms with E-state index in [9.17, 15) is 4.79 Å². The quantitative estimate of drug-likeness (QED) is 0.922. The van der Waals surface area contributed by atoms with Crippen molar-refractivity contribution in [2.75, 3.05) is 13.1 Å². The topological polar surface area (TPSA) is 32.3 Å². The number of likely N-dealkylation sites (tertiary alicyclic amines) is 1. The van der Waals surface area contributed by atoms with Gasteiger partial charge in [0.15, 0.2) is 0 Å². The van der Waals surface area contributed by atoms with E-state index in [1.165, 1.54) is 5.56 Å². The first-order chi connectivity index (χ1) is 9.13. The molecule has 4 heteroatoms. The monoisotopic (exact) mass is 324 g/mol. The smallest absolute Gasteiger partial charge is 0.240 e. The normalized spacial score (nSPS) is 21.5. The second-order valence-electron chi connectivity index (χ2n) is 5.02. The molecule has 104 valence electrons. The van der Waals surface area contributed by atoms with Crippen molar-refractivity contribution in [1.82, 2.24) is 10.2 Å². The fraction of sp³-hybridized carbons (Fsp3) is 0.533. The summed E-state index contributed by atoms with van der Waals surface area (Å²) >= 11 is 3.49. The summed E-state index contributed by atoms with van der Waals surface area (Å²) in [7, 11) is 0. The Labute approximate surface area is 123 Å². The van der Waals surface area contributed by atoms with Crippen molar-refractivity contribution < 1.29 is 4.79 Å². The standard InChI is InChI=1S/C15H21BrN2O/c1-3-17-14-8-5-9-18(15(14)19)11(2)12-6-4-7-13(16)10-12/h4,6-7,10-11,14,17H,3,5,8-9H2,1-2H3. The maximum absolute atomic E-state index is 12.5. The van der Waals surface area contributed by atoms with Crippen molar-refractivity contribution in [3.05, 3.63) is 34.3 Å². The van der Waals surface area contributed by atoms with E-state index in [1.807, 2.05) is 24.0 Å². The molecule has 0 saturated carbocycles. The number of amides is 1. The molecule has 0 aromatic heterocycles. The van der Waals surface area contributed by atoms with Gasteiger partial charge >= 0.3 is 0 Å².